The highest BCUT2D eigenvalue weighted by molar-refractivity contribution is 8.11. The van der Waals surface area contributed by atoms with Gasteiger partial charge in [0.05, 0.1) is 28.9 Å². The molecular formula is C29H35ClN4O7S2. The van der Waals surface area contributed by atoms with Gasteiger partial charge in [-0.3, -0.25) is 33.7 Å². The number of benzene rings is 1. The zero-order valence-electron chi connectivity index (χ0n) is 24.1. The van der Waals surface area contributed by atoms with E-state index in [1.807, 2.05) is 13.8 Å². The molecule has 2 aliphatic rings. The Hall–Kier alpha value is -2.97. The number of nitrogens with one attached hydrogen (secondary N) is 1. The van der Waals surface area contributed by atoms with Crippen LogP contribution in [0.2, 0.25) is 4.34 Å². The molecule has 0 spiro atoms. The van der Waals surface area contributed by atoms with E-state index in [4.69, 9.17) is 21.1 Å². The van der Waals surface area contributed by atoms with Crippen molar-refractivity contribution in [1.82, 2.24) is 9.62 Å². The molecule has 11 nitrogen and oxygen atoms in total. The van der Waals surface area contributed by atoms with Crippen molar-refractivity contribution >= 4 is 75.2 Å². The van der Waals surface area contributed by atoms with Crippen molar-refractivity contribution in [2.45, 2.75) is 45.6 Å². The Kier molecular flexibility index (Phi) is 12.0. The van der Waals surface area contributed by atoms with Gasteiger partial charge in [-0.25, -0.2) is 4.79 Å². The number of halogens is 1. The molecule has 14 heteroatoms. The lowest BCUT2D eigenvalue weighted by atomic mass is 10.2. The van der Waals surface area contributed by atoms with Crippen LogP contribution in [0.3, 0.4) is 0 Å². The topological polar surface area (TPSA) is 126 Å². The predicted molar refractivity (Wildman–Crippen MR) is 167 cm³/mol. The standard InChI is InChI=1S/C29H35ClN4O7S2/c1-19(2)15-27(37)43-31-12-4-3-5-25(35)34(28(38)23-10-11-24(30)42-23)17-22-16-33(29(39)41-22)21-8-6-20(7-9-21)32-13-14-40-18-26(32)36/h6-11,19,22,31H,3-5,12-18H2,1-2H3/t22-/m1/s1. The average molecular weight is 651 g/mol. The first-order chi connectivity index (χ1) is 20.6. The number of cyclic esters (lactones) is 1. The predicted octanol–water partition coefficient (Wildman–Crippen LogP) is 4.74. The number of hydrogen-bond acceptors (Lipinski definition) is 10. The van der Waals surface area contributed by atoms with Crippen LogP contribution in [0.4, 0.5) is 16.2 Å². The van der Waals surface area contributed by atoms with Gasteiger partial charge in [0.15, 0.2) is 0 Å². The highest BCUT2D eigenvalue weighted by Gasteiger charge is 2.36. The number of imide groups is 1. The van der Waals surface area contributed by atoms with Crippen molar-refractivity contribution < 1.29 is 33.4 Å². The Morgan fingerprint density at radius 2 is 1.81 bits per heavy atom. The van der Waals surface area contributed by atoms with Crippen molar-refractivity contribution in [3.8, 4) is 0 Å². The van der Waals surface area contributed by atoms with E-state index in [0.29, 0.717) is 65.5 Å². The molecule has 2 aliphatic heterocycles. The van der Waals surface area contributed by atoms with Gasteiger partial charge in [0.25, 0.3) is 11.8 Å². The molecule has 1 atom stereocenters. The molecule has 43 heavy (non-hydrogen) atoms. The normalized spacial score (nSPS) is 17.0. The summed E-state index contributed by atoms with van der Waals surface area (Å²) in [6, 6.07) is 10.1. The fraction of sp³-hybridized carbons (Fsp3) is 0.483. The summed E-state index contributed by atoms with van der Waals surface area (Å²) in [5.74, 6) is -0.718. The first-order valence-electron chi connectivity index (χ1n) is 14.1. The van der Waals surface area contributed by atoms with Gasteiger partial charge in [-0.05, 0) is 67.1 Å². The second-order valence-electron chi connectivity index (χ2n) is 10.6. The first kappa shape index (κ1) is 32.9. The van der Waals surface area contributed by atoms with Gasteiger partial charge in [-0.2, -0.15) is 0 Å². The van der Waals surface area contributed by atoms with Crippen LogP contribution in [-0.4, -0.2) is 79.3 Å². The summed E-state index contributed by atoms with van der Waals surface area (Å²) in [5.41, 5.74) is 1.28. The van der Waals surface area contributed by atoms with Crippen molar-refractivity contribution in [2.75, 3.05) is 49.2 Å². The SMILES string of the molecule is CC(C)CC(=O)SNCCCCC(=O)N(C[C@H]1CN(c2ccc(N3CCOCC3=O)cc2)C(=O)O1)C(=O)c1ccc(Cl)s1. The second-order valence-corrected chi connectivity index (χ2v) is 13.2. The van der Waals surface area contributed by atoms with Crippen molar-refractivity contribution in [1.29, 1.82) is 0 Å². The molecule has 4 amide bonds. The molecule has 3 heterocycles. The molecule has 0 bridgehead atoms. The lowest BCUT2D eigenvalue weighted by molar-refractivity contribution is -0.129. The maximum absolute atomic E-state index is 13.3. The summed E-state index contributed by atoms with van der Waals surface area (Å²) in [6.45, 7) is 5.49. The molecule has 2 fully saturated rings. The van der Waals surface area contributed by atoms with Crippen molar-refractivity contribution in [3.63, 3.8) is 0 Å². The van der Waals surface area contributed by atoms with E-state index in [9.17, 15) is 24.0 Å². The lowest BCUT2D eigenvalue weighted by Crippen LogP contribution is -2.43. The zero-order valence-corrected chi connectivity index (χ0v) is 26.5. The minimum absolute atomic E-state index is 0.0307. The molecule has 0 radical (unpaired) electrons. The molecule has 0 saturated carbocycles. The number of carbonyl (C=O) groups is 5. The first-order valence-corrected chi connectivity index (χ1v) is 16.1. The molecule has 1 aromatic heterocycles. The highest BCUT2D eigenvalue weighted by Crippen LogP contribution is 2.27. The van der Waals surface area contributed by atoms with Crippen molar-refractivity contribution in [2.24, 2.45) is 5.92 Å². The monoisotopic (exact) mass is 650 g/mol. The second kappa shape index (κ2) is 15.7. The van der Waals surface area contributed by atoms with E-state index in [-0.39, 0.29) is 43.0 Å². The van der Waals surface area contributed by atoms with Crippen LogP contribution in [0.15, 0.2) is 36.4 Å². The third-order valence-corrected chi connectivity index (χ3v) is 8.69. The molecule has 4 rings (SSSR count). The third kappa shape index (κ3) is 9.26. The van der Waals surface area contributed by atoms with Crippen LogP contribution < -0.4 is 14.5 Å². The average Bonchev–Trinajstić information content (AvgIpc) is 3.58. The van der Waals surface area contributed by atoms with Gasteiger partial charge in [-0.15, -0.1) is 11.3 Å². The van der Waals surface area contributed by atoms with Crippen LogP contribution in [0.1, 0.15) is 49.2 Å². The highest BCUT2D eigenvalue weighted by atomic mass is 35.5. The summed E-state index contributed by atoms with van der Waals surface area (Å²) in [7, 11) is 0. The van der Waals surface area contributed by atoms with Crippen LogP contribution in [0.5, 0.6) is 0 Å². The van der Waals surface area contributed by atoms with Crippen molar-refractivity contribution in [3.05, 3.63) is 45.6 Å². The van der Waals surface area contributed by atoms with E-state index in [2.05, 4.69) is 4.72 Å². The minimum atomic E-state index is -0.735. The van der Waals surface area contributed by atoms with E-state index < -0.39 is 18.1 Å². The van der Waals surface area contributed by atoms with Gasteiger partial charge < -0.3 is 14.4 Å². The van der Waals surface area contributed by atoms with Crippen LogP contribution in [-0.2, 0) is 23.9 Å². The summed E-state index contributed by atoms with van der Waals surface area (Å²) < 4.78 is 14.2. The van der Waals surface area contributed by atoms with Gasteiger partial charge in [-0.1, -0.05) is 25.4 Å². The number of anilines is 2. The number of morpholine rings is 1. The van der Waals surface area contributed by atoms with Crippen LogP contribution in [0, 0.1) is 5.92 Å². The molecular weight excluding hydrogens is 616 g/mol. The molecule has 1 N–H and O–H groups in total. The van der Waals surface area contributed by atoms with E-state index in [1.54, 1.807) is 41.3 Å². The minimum Gasteiger partial charge on any atom is -0.442 e. The Balaban J connectivity index is 1.34. The largest absolute Gasteiger partial charge is 0.442 e. The van der Waals surface area contributed by atoms with Gasteiger partial charge >= 0.3 is 6.09 Å². The zero-order chi connectivity index (χ0) is 30.9. The van der Waals surface area contributed by atoms with E-state index in [0.717, 1.165) is 28.2 Å². The number of carbonyl (C=O) groups excluding carboxylic acids is 5. The fourth-order valence-corrected chi connectivity index (χ4v) is 6.43. The van der Waals surface area contributed by atoms with Gasteiger partial charge in [0.2, 0.25) is 11.0 Å². The molecule has 232 valence electrons. The van der Waals surface area contributed by atoms with E-state index in [1.165, 1.54) is 4.90 Å². The number of ether oxygens (including phenoxy) is 2. The molecule has 0 unspecified atom stereocenters. The number of hydrogen-bond donors (Lipinski definition) is 1. The van der Waals surface area contributed by atoms with E-state index >= 15 is 0 Å². The number of thiophene rings is 1. The summed E-state index contributed by atoms with van der Waals surface area (Å²) in [5, 5.41) is 0.0701. The summed E-state index contributed by atoms with van der Waals surface area (Å²) >= 11 is 8.19. The quantitative estimate of drug-likeness (QED) is 0.242. The summed E-state index contributed by atoms with van der Waals surface area (Å²) in [6.07, 6.45) is 0.427. The Labute approximate surface area is 263 Å². The van der Waals surface area contributed by atoms with Crippen LogP contribution in [0.25, 0.3) is 0 Å². The maximum atomic E-state index is 13.3. The van der Waals surface area contributed by atoms with Gasteiger partial charge in [0, 0.05) is 37.3 Å². The molecule has 2 saturated heterocycles. The maximum Gasteiger partial charge on any atom is 0.414 e. The van der Waals surface area contributed by atoms with Gasteiger partial charge in [0.1, 0.15) is 12.7 Å². The number of amides is 4. The third-order valence-electron chi connectivity index (χ3n) is 6.73. The number of unbranched alkanes of at least 4 members (excludes halogenated alkanes) is 1. The Morgan fingerprint density at radius 1 is 1.09 bits per heavy atom. The molecule has 1 aromatic carbocycles. The Bertz CT molecular complexity index is 1320. The summed E-state index contributed by atoms with van der Waals surface area (Å²) in [4.78, 5) is 67.9. The number of nitrogens with zero attached hydrogens (tertiary/aromatic N) is 3. The fourth-order valence-electron chi connectivity index (χ4n) is 4.61. The number of rotatable bonds is 13. The van der Waals surface area contributed by atoms with Crippen LogP contribution >= 0.6 is 34.9 Å². The molecule has 0 aliphatic carbocycles. The lowest BCUT2D eigenvalue weighted by Gasteiger charge is -2.27. The Morgan fingerprint density at radius 3 is 2.47 bits per heavy atom. The smallest absolute Gasteiger partial charge is 0.414 e. The molecule has 2 aromatic rings.